The van der Waals surface area contributed by atoms with Gasteiger partial charge in [0.05, 0.1) is 12.5 Å². The zero-order valence-electron chi connectivity index (χ0n) is 16.1. The van der Waals surface area contributed by atoms with E-state index in [1.807, 2.05) is 12.1 Å². The molecule has 150 valence electrons. The fraction of sp³-hybridized carbons (Fsp3) is 0.364. The molecule has 2 aliphatic rings. The number of benzene rings is 1. The molecule has 0 radical (unpaired) electrons. The first kappa shape index (κ1) is 19.1. The van der Waals surface area contributed by atoms with Crippen molar-refractivity contribution in [2.45, 2.75) is 44.8 Å². The highest BCUT2D eigenvalue weighted by atomic mass is 16.2. The normalized spacial score (nSPS) is 21.3. The van der Waals surface area contributed by atoms with Crippen molar-refractivity contribution < 1.29 is 14.4 Å². The van der Waals surface area contributed by atoms with Crippen molar-refractivity contribution in [2.24, 2.45) is 5.92 Å². The molecule has 1 aromatic heterocycles. The number of nitrogens with zero attached hydrogens (tertiary/aromatic N) is 2. The number of urea groups is 1. The van der Waals surface area contributed by atoms with Crippen molar-refractivity contribution in [3.63, 3.8) is 0 Å². The zero-order chi connectivity index (χ0) is 20.2. The number of imide groups is 1. The molecule has 2 N–H and O–H groups in total. The molecular weight excluding hydrogens is 368 g/mol. The van der Waals surface area contributed by atoms with Gasteiger partial charge in [-0.3, -0.25) is 19.5 Å². The first-order chi connectivity index (χ1) is 14.1. The van der Waals surface area contributed by atoms with E-state index in [9.17, 15) is 14.4 Å². The lowest BCUT2D eigenvalue weighted by Gasteiger charge is -2.40. The van der Waals surface area contributed by atoms with Crippen LogP contribution in [-0.2, 0) is 17.9 Å². The Hall–Kier alpha value is -3.22. The summed E-state index contributed by atoms with van der Waals surface area (Å²) in [4.78, 5) is 42.8. The molecule has 1 aliphatic heterocycles. The quantitative estimate of drug-likeness (QED) is 0.818. The number of rotatable bonds is 5. The largest absolute Gasteiger partial charge is 0.348 e. The van der Waals surface area contributed by atoms with Gasteiger partial charge in [0.1, 0.15) is 0 Å². The summed E-state index contributed by atoms with van der Waals surface area (Å²) < 4.78 is 0. The van der Waals surface area contributed by atoms with E-state index in [1.54, 1.807) is 36.7 Å². The molecule has 2 heterocycles. The van der Waals surface area contributed by atoms with Crippen LogP contribution in [0, 0.1) is 5.92 Å². The Bertz CT molecular complexity index is 898. The van der Waals surface area contributed by atoms with Gasteiger partial charge in [-0.25, -0.2) is 4.79 Å². The number of hydrogen-bond donors (Lipinski definition) is 2. The van der Waals surface area contributed by atoms with Gasteiger partial charge in [0.25, 0.3) is 5.91 Å². The van der Waals surface area contributed by atoms with Crippen LogP contribution in [0.1, 0.15) is 47.2 Å². The summed E-state index contributed by atoms with van der Waals surface area (Å²) in [6.07, 6.45) is 7.18. The van der Waals surface area contributed by atoms with Crippen molar-refractivity contribution >= 4 is 17.8 Å². The van der Waals surface area contributed by atoms with E-state index in [-0.39, 0.29) is 36.3 Å². The maximum absolute atomic E-state index is 12.8. The highest BCUT2D eigenvalue weighted by Crippen LogP contribution is 2.29. The molecular formula is C22H24N4O3. The number of nitrogens with one attached hydrogen (secondary N) is 2. The first-order valence-electron chi connectivity index (χ1n) is 10.00. The third kappa shape index (κ3) is 4.29. The van der Waals surface area contributed by atoms with E-state index in [0.717, 1.165) is 36.8 Å². The Morgan fingerprint density at radius 1 is 1.10 bits per heavy atom. The number of fused-ring (bicyclic) bond motifs is 1. The van der Waals surface area contributed by atoms with Crippen LogP contribution in [0.5, 0.6) is 0 Å². The van der Waals surface area contributed by atoms with Crippen molar-refractivity contribution in [1.82, 2.24) is 20.5 Å². The maximum Gasteiger partial charge on any atom is 0.324 e. The van der Waals surface area contributed by atoms with E-state index in [4.69, 9.17) is 0 Å². The second kappa shape index (κ2) is 8.43. The Morgan fingerprint density at radius 3 is 2.66 bits per heavy atom. The molecule has 1 aliphatic carbocycles. The molecule has 4 rings (SSSR count). The monoisotopic (exact) mass is 392 g/mol. The summed E-state index contributed by atoms with van der Waals surface area (Å²) in [6, 6.07) is 10.4. The molecule has 7 nitrogen and oxygen atoms in total. The Labute approximate surface area is 169 Å². The fourth-order valence-electron chi connectivity index (χ4n) is 4.02. The van der Waals surface area contributed by atoms with Crippen LogP contribution in [-0.4, -0.2) is 33.8 Å². The average Bonchev–Trinajstić information content (AvgIpc) is 2.76. The van der Waals surface area contributed by atoms with E-state index in [2.05, 4.69) is 15.6 Å². The van der Waals surface area contributed by atoms with E-state index in [0.29, 0.717) is 12.1 Å². The van der Waals surface area contributed by atoms with Crippen molar-refractivity contribution in [2.75, 3.05) is 0 Å². The molecule has 7 heteroatoms. The van der Waals surface area contributed by atoms with Crippen LogP contribution in [0.25, 0.3) is 0 Å². The number of pyridine rings is 1. The minimum absolute atomic E-state index is 0.0223. The zero-order valence-corrected chi connectivity index (χ0v) is 16.1. The van der Waals surface area contributed by atoms with Crippen LogP contribution >= 0.6 is 0 Å². The first-order valence-corrected chi connectivity index (χ1v) is 10.00. The smallest absolute Gasteiger partial charge is 0.324 e. The second-order valence-electron chi connectivity index (χ2n) is 7.61. The summed E-state index contributed by atoms with van der Waals surface area (Å²) >= 11 is 0. The number of amides is 4. The van der Waals surface area contributed by atoms with E-state index in [1.165, 1.54) is 4.90 Å². The summed E-state index contributed by atoms with van der Waals surface area (Å²) in [5, 5.41) is 5.83. The third-order valence-electron chi connectivity index (χ3n) is 5.64. The van der Waals surface area contributed by atoms with Crippen LogP contribution in [0.15, 0.2) is 48.8 Å². The number of carbonyl (C=O) groups excluding carboxylic acids is 3. The van der Waals surface area contributed by atoms with Gasteiger partial charge in [0.2, 0.25) is 5.91 Å². The summed E-state index contributed by atoms with van der Waals surface area (Å²) in [5.41, 5.74) is 2.26. The van der Waals surface area contributed by atoms with Crippen molar-refractivity contribution in [3.8, 4) is 0 Å². The molecule has 1 aromatic carbocycles. The second-order valence-corrected chi connectivity index (χ2v) is 7.61. The molecule has 1 saturated carbocycles. The van der Waals surface area contributed by atoms with Gasteiger partial charge in [-0.2, -0.15) is 0 Å². The van der Waals surface area contributed by atoms with Crippen LogP contribution < -0.4 is 10.6 Å². The highest BCUT2D eigenvalue weighted by Gasteiger charge is 2.41. The lowest BCUT2D eigenvalue weighted by Crippen LogP contribution is -2.60. The Balaban J connectivity index is 1.37. The topological polar surface area (TPSA) is 91.4 Å². The minimum Gasteiger partial charge on any atom is -0.348 e. The molecule has 0 spiro atoms. The predicted molar refractivity (Wildman–Crippen MR) is 107 cm³/mol. The SMILES string of the molecule is O=C(NCc1cccnc1)c1ccc(CN2C(=O)NC3CCCCC3C2=O)cc1. The van der Waals surface area contributed by atoms with E-state index >= 15 is 0 Å². The van der Waals surface area contributed by atoms with Crippen LogP contribution in [0.2, 0.25) is 0 Å². The predicted octanol–water partition coefficient (Wildman–Crippen LogP) is 2.62. The lowest BCUT2D eigenvalue weighted by molar-refractivity contribution is -0.137. The van der Waals surface area contributed by atoms with Crippen molar-refractivity contribution in [1.29, 1.82) is 0 Å². The Morgan fingerprint density at radius 2 is 1.90 bits per heavy atom. The van der Waals surface area contributed by atoms with Gasteiger partial charge in [-0.1, -0.05) is 31.0 Å². The maximum atomic E-state index is 12.8. The summed E-state index contributed by atoms with van der Waals surface area (Å²) in [7, 11) is 0. The molecule has 4 amide bonds. The van der Waals surface area contributed by atoms with Gasteiger partial charge in [-0.15, -0.1) is 0 Å². The van der Waals surface area contributed by atoms with Gasteiger partial charge >= 0.3 is 6.03 Å². The molecule has 0 bridgehead atoms. The number of carbonyl (C=O) groups is 3. The average molecular weight is 392 g/mol. The van der Waals surface area contributed by atoms with Crippen LogP contribution in [0.4, 0.5) is 4.79 Å². The van der Waals surface area contributed by atoms with Gasteiger partial charge < -0.3 is 10.6 Å². The minimum atomic E-state index is -0.323. The molecule has 29 heavy (non-hydrogen) atoms. The third-order valence-corrected chi connectivity index (χ3v) is 5.64. The highest BCUT2D eigenvalue weighted by molar-refractivity contribution is 5.98. The van der Waals surface area contributed by atoms with Gasteiger partial charge in [0.15, 0.2) is 0 Å². The summed E-state index contributed by atoms with van der Waals surface area (Å²) in [5.74, 6) is -0.382. The molecule has 1 saturated heterocycles. The fourth-order valence-corrected chi connectivity index (χ4v) is 4.02. The molecule has 2 unspecified atom stereocenters. The lowest BCUT2D eigenvalue weighted by atomic mass is 9.82. The van der Waals surface area contributed by atoms with Crippen LogP contribution in [0.3, 0.4) is 0 Å². The molecule has 2 fully saturated rings. The standard InChI is InChI=1S/C22H24N4O3/c27-20(24-13-16-4-3-11-23-12-16)17-9-7-15(8-10-17)14-26-21(28)18-5-1-2-6-19(18)25-22(26)29/h3-4,7-12,18-19H,1-2,5-6,13-14H2,(H,24,27)(H,25,29). The number of aromatic nitrogens is 1. The molecule has 2 atom stereocenters. The summed E-state index contributed by atoms with van der Waals surface area (Å²) in [6.45, 7) is 0.616. The van der Waals surface area contributed by atoms with Gasteiger partial charge in [0, 0.05) is 30.5 Å². The van der Waals surface area contributed by atoms with Gasteiger partial charge in [-0.05, 0) is 42.2 Å². The molecule has 2 aromatic rings. The Kier molecular flexibility index (Phi) is 5.55. The van der Waals surface area contributed by atoms with Crippen molar-refractivity contribution in [3.05, 3.63) is 65.5 Å². The number of hydrogen-bond acceptors (Lipinski definition) is 4. The van der Waals surface area contributed by atoms with E-state index < -0.39 is 0 Å².